The Morgan fingerprint density at radius 1 is 1.39 bits per heavy atom. The van der Waals surface area contributed by atoms with E-state index in [1.807, 2.05) is 6.07 Å². The Morgan fingerprint density at radius 3 is 2.78 bits per heavy atom. The molecule has 1 aromatic rings. The van der Waals surface area contributed by atoms with Crippen LogP contribution in [-0.4, -0.2) is 23.6 Å². The third-order valence-electron chi connectivity index (χ3n) is 3.06. The summed E-state index contributed by atoms with van der Waals surface area (Å²) in [6, 6.07) is 6.14. The molecule has 18 heavy (non-hydrogen) atoms. The van der Waals surface area contributed by atoms with E-state index in [-0.39, 0.29) is 12.2 Å². The van der Waals surface area contributed by atoms with Gasteiger partial charge >= 0.3 is 0 Å². The average molecular weight is 378 g/mol. The molecule has 0 amide bonds. The monoisotopic (exact) mass is 376 g/mol. The molecule has 1 aliphatic carbocycles. The zero-order valence-corrected chi connectivity index (χ0v) is 13.8. The molecule has 0 spiro atoms. The fourth-order valence-corrected chi connectivity index (χ4v) is 3.42. The highest BCUT2D eigenvalue weighted by Crippen LogP contribution is 2.36. The zero-order chi connectivity index (χ0) is 13.1. The number of halogens is 2. The Morgan fingerprint density at radius 2 is 2.17 bits per heavy atom. The smallest absolute Gasteiger partial charge is 0.134 e. The third kappa shape index (κ3) is 3.28. The topological polar surface area (TPSA) is 18.5 Å². The molecule has 1 fully saturated rings. The predicted octanol–water partition coefficient (Wildman–Crippen LogP) is 4.47. The quantitative estimate of drug-likeness (QED) is 0.705. The Bertz CT molecular complexity index is 409. The summed E-state index contributed by atoms with van der Waals surface area (Å²) in [6.45, 7) is 4.98. The standard InChI is InChI=1S/C14H18Br2O2/c1-3-6-17-14-11(16)8-13(14)18-12-5-4-9(2)7-10(12)15/h4-5,7,11,13-14H,3,6,8H2,1-2H3. The number of hydrogen-bond donors (Lipinski definition) is 0. The maximum absolute atomic E-state index is 6.01. The van der Waals surface area contributed by atoms with Gasteiger partial charge in [-0.05, 0) is 47.0 Å². The van der Waals surface area contributed by atoms with Crippen LogP contribution >= 0.6 is 31.9 Å². The Balaban J connectivity index is 1.96. The van der Waals surface area contributed by atoms with Crippen molar-refractivity contribution in [3.05, 3.63) is 28.2 Å². The first-order valence-corrected chi connectivity index (χ1v) is 8.01. The molecule has 4 heteroatoms. The van der Waals surface area contributed by atoms with E-state index in [2.05, 4.69) is 57.8 Å². The third-order valence-corrected chi connectivity index (χ3v) is 4.58. The molecule has 1 aliphatic rings. The van der Waals surface area contributed by atoms with Gasteiger partial charge in [0, 0.05) is 17.9 Å². The minimum atomic E-state index is 0.153. The second-order valence-electron chi connectivity index (χ2n) is 4.68. The summed E-state index contributed by atoms with van der Waals surface area (Å²) in [4.78, 5) is 0.415. The molecule has 0 aliphatic heterocycles. The molecule has 2 rings (SSSR count). The van der Waals surface area contributed by atoms with Gasteiger partial charge in [-0.25, -0.2) is 0 Å². The normalized spacial score (nSPS) is 26.8. The van der Waals surface area contributed by atoms with Crippen LogP contribution < -0.4 is 4.74 Å². The molecule has 0 heterocycles. The molecular weight excluding hydrogens is 360 g/mol. The van der Waals surface area contributed by atoms with Crippen molar-refractivity contribution in [2.45, 2.75) is 43.7 Å². The van der Waals surface area contributed by atoms with E-state index >= 15 is 0 Å². The summed E-state index contributed by atoms with van der Waals surface area (Å²) in [5, 5.41) is 0. The van der Waals surface area contributed by atoms with E-state index in [1.54, 1.807) is 0 Å². The summed E-state index contributed by atoms with van der Waals surface area (Å²) >= 11 is 7.16. The van der Waals surface area contributed by atoms with Crippen LogP contribution in [0.3, 0.4) is 0 Å². The Labute approximate surface area is 125 Å². The van der Waals surface area contributed by atoms with Gasteiger partial charge in [-0.3, -0.25) is 0 Å². The molecule has 3 unspecified atom stereocenters. The number of ether oxygens (including phenoxy) is 2. The van der Waals surface area contributed by atoms with Gasteiger partial charge in [0.2, 0.25) is 0 Å². The summed E-state index contributed by atoms with van der Waals surface area (Å²) in [6.07, 6.45) is 2.35. The number of benzene rings is 1. The summed E-state index contributed by atoms with van der Waals surface area (Å²) in [5.74, 6) is 0.898. The van der Waals surface area contributed by atoms with Crippen LogP contribution in [0.1, 0.15) is 25.3 Å². The SMILES string of the molecule is CCCOC1C(Br)CC1Oc1ccc(C)cc1Br. The molecule has 1 saturated carbocycles. The first-order valence-electron chi connectivity index (χ1n) is 6.30. The first kappa shape index (κ1) is 14.4. The van der Waals surface area contributed by atoms with Crippen LogP contribution in [0.15, 0.2) is 22.7 Å². The fraction of sp³-hybridized carbons (Fsp3) is 0.571. The van der Waals surface area contributed by atoms with Gasteiger partial charge in [0.05, 0.1) is 4.47 Å². The highest BCUT2D eigenvalue weighted by molar-refractivity contribution is 9.10. The van der Waals surface area contributed by atoms with Crippen LogP contribution in [0.25, 0.3) is 0 Å². The van der Waals surface area contributed by atoms with Crippen LogP contribution in [0.2, 0.25) is 0 Å². The van der Waals surface area contributed by atoms with Crippen LogP contribution in [0.4, 0.5) is 0 Å². The minimum Gasteiger partial charge on any atom is -0.486 e. The average Bonchev–Trinajstić information content (AvgIpc) is 2.32. The lowest BCUT2D eigenvalue weighted by Crippen LogP contribution is -2.52. The largest absolute Gasteiger partial charge is 0.486 e. The van der Waals surface area contributed by atoms with Crippen LogP contribution in [0.5, 0.6) is 5.75 Å². The van der Waals surface area contributed by atoms with Crippen LogP contribution in [0, 0.1) is 6.92 Å². The summed E-state index contributed by atoms with van der Waals surface area (Å²) in [7, 11) is 0. The highest BCUT2D eigenvalue weighted by atomic mass is 79.9. The van der Waals surface area contributed by atoms with Crippen molar-refractivity contribution in [3.8, 4) is 5.75 Å². The van der Waals surface area contributed by atoms with Crippen molar-refractivity contribution in [1.82, 2.24) is 0 Å². The molecule has 0 radical (unpaired) electrons. The predicted molar refractivity (Wildman–Crippen MR) is 80.7 cm³/mol. The number of alkyl halides is 1. The van der Waals surface area contributed by atoms with Crippen molar-refractivity contribution >= 4 is 31.9 Å². The first-order chi connectivity index (χ1) is 8.61. The Hall–Kier alpha value is -0.0600. The molecule has 3 atom stereocenters. The molecule has 0 N–H and O–H groups in total. The maximum atomic E-state index is 6.01. The van der Waals surface area contributed by atoms with Crippen molar-refractivity contribution in [2.75, 3.05) is 6.61 Å². The number of rotatable bonds is 5. The van der Waals surface area contributed by atoms with Gasteiger partial charge in [-0.2, -0.15) is 0 Å². The van der Waals surface area contributed by atoms with Gasteiger partial charge in [-0.15, -0.1) is 0 Å². The van der Waals surface area contributed by atoms with Crippen molar-refractivity contribution < 1.29 is 9.47 Å². The van der Waals surface area contributed by atoms with E-state index in [9.17, 15) is 0 Å². The molecule has 100 valence electrons. The van der Waals surface area contributed by atoms with E-state index in [4.69, 9.17) is 9.47 Å². The van der Waals surface area contributed by atoms with Gasteiger partial charge in [0.15, 0.2) is 0 Å². The van der Waals surface area contributed by atoms with Crippen LogP contribution in [-0.2, 0) is 4.74 Å². The Kier molecular flexibility index (Phi) is 5.10. The number of hydrogen-bond acceptors (Lipinski definition) is 2. The van der Waals surface area contributed by atoms with Gasteiger partial charge < -0.3 is 9.47 Å². The molecule has 1 aromatic carbocycles. The molecule has 0 aromatic heterocycles. The van der Waals surface area contributed by atoms with E-state index < -0.39 is 0 Å². The lowest BCUT2D eigenvalue weighted by molar-refractivity contribution is -0.0764. The molecule has 0 bridgehead atoms. The molecule has 0 saturated heterocycles. The van der Waals surface area contributed by atoms with Crippen molar-refractivity contribution in [3.63, 3.8) is 0 Å². The second kappa shape index (κ2) is 6.40. The zero-order valence-electron chi connectivity index (χ0n) is 10.7. The van der Waals surface area contributed by atoms with E-state index in [0.717, 1.165) is 29.7 Å². The van der Waals surface area contributed by atoms with Gasteiger partial charge in [0.1, 0.15) is 18.0 Å². The van der Waals surface area contributed by atoms with Crippen molar-refractivity contribution in [2.24, 2.45) is 0 Å². The highest BCUT2D eigenvalue weighted by Gasteiger charge is 2.42. The summed E-state index contributed by atoms with van der Waals surface area (Å²) in [5.41, 5.74) is 1.22. The molecular formula is C14H18Br2O2. The van der Waals surface area contributed by atoms with Crippen molar-refractivity contribution in [1.29, 1.82) is 0 Å². The molecule has 2 nitrogen and oxygen atoms in total. The van der Waals surface area contributed by atoms with E-state index in [1.165, 1.54) is 5.56 Å². The van der Waals surface area contributed by atoms with E-state index in [0.29, 0.717) is 4.83 Å². The summed E-state index contributed by atoms with van der Waals surface area (Å²) < 4.78 is 12.8. The van der Waals surface area contributed by atoms with Gasteiger partial charge in [0.25, 0.3) is 0 Å². The maximum Gasteiger partial charge on any atom is 0.134 e. The number of aryl methyl sites for hydroxylation is 1. The fourth-order valence-electron chi connectivity index (χ4n) is 1.97. The van der Waals surface area contributed by atoms with Gasteiger partial charge in [-0.1, -0.05) is 28.9 Å². The lowest BCUT2D eigenvalue weighted by atomic mass is 9.91. The minimum absolute atomic E-state index is 0.153. The second-order valence-corrected chi connectivity index (χ2v) is 6.71. The lowest BCUT2D eigenvalue weighted by Gasteiger charge is -2.41.